The third-order valence-electron chi connectivity index (χ3n) is 3.53. The molecule has 3 atom stereocenters. The van der Waals surface area contributed by atoms with E-state index in [0.717, 1.165) is 5.56 Å². The topological polar surface area (TPSA) is 88.1 Å². The number of hydrogen-bond acceptors (Lipinski definition) is 7. The molecule has 1 aliphatic heterocycles. The van der Waals surface area contributed by atoms with Crippen molar-refractivity contribution in [3.63, 3.8) is 0 Å². The maximum atomic E-state index is 10.7. The highest BCUT2D eigenvalue weighted by Gasteiger charge is 2.43. The molecule has 1 aliphatic rings. The molecule has 0 N–H and O–H groups in total. The average molecular weight is 512 g/mol. The first-order chi connectivity index (χ1) is 14.3. The second-order valence-corrected chi connectivity index (χ2v) is 19.1. The SMILES string of the molecule is CN(O[Si](C)(C)C)C(c1c#cccc1)C1C=[C+]C(O[Si](C)(C)C)O1.O=S(=O)([O-])C(F)(F)F. The number of halogens is 3. The standard InChI is InChI=1S/C18H28NO3Si2.CHF3O3S/c1-19(22-24(5,6)7)18(15-11-9-8-10-12-15)16-13-14-17(20-16)21-23(2,3)4;2-1(3,4)8(5,6)7/h8-9,11,13,16-18H,1-7H3;(H,5,6,7)/q+1;/p-1. The monoisotopic (exact) mass is 511 g/mol. The lowest BCUT2D eigenvalue weighted by molar-refractivity contribution is -0.148. The van der Waals surface area contributed by atoms with Gasteiger partial charge >= 0.3 is 11.8 Å². The maximum Gasteiger partial charge on any atom is 0.485 e. The van der Waals surface area contributed by atoms with Crippen LogP contribution in [0.15, 0.2) is 24.3 Å². The van der Waals surface area contributed by atoms with Crippen molar-refractivity contribution in [2.24, 2.45) is 0 Å². The first-order valence-electron chi connectivity index (χ1n) is 9.55. The molecule has 0 radical (unpaired) electrons. The molecule has 0 amide bonds. The second-order valence-electron chi connectivity index (χ2n) is 8.84. The first kappa shape index (κ1) is 28.7. The van der Waals surface area contributed by atoms with Crippen LogP contribution in [0.25, 0.3) is 0 Å². The van der Waals surface area contributed by atoms with Crippen molar-refractivity contribution in [3.05, 3.63) is 48.0 Å². The quantitative estimate of drug-likeness (QED) is 0.180. The molecule has 0 bridgehead atoms. The van der Waals surface area contributed by atoms with Crippen LogP contribution in [-0.2, 0) is 23.8 Å². The van der Waals surface area contributed by atoms with Crippen LogP contribution in [0.1, 0.15) is 11.6 Å². The van der Waals surface area contributed by atoms with Crippen LogP contribution in [0.5, 0.6) is 0 Å². The highest BCUT2D eigenvalue weighted by atomic mass is 32.2. The summed E-state index contributed by atoms with van der Waals surface area (Å²) in [5, 5.41) is 1.89. The van der Waals surface area contributed by atoms with E-state index in [1.807, 2.05) is 36.4 Å². The number of likely N-dealkylation sites (N-methyl/N-ethyl adjacent to an activating group) is 1. The molecule has 0 fully saturated rings. The predicted molar refractivity (Wildman–Crippen MR) is 116 cm³/mol. The number of ether oxygens (including phenoxy) is 1. The Morgan fingerprint density at radius 3 is 2.19 bits per heavy atom. The molecule has 1 heterocycles. The Hall–Kier alpha value is -1.34. The minimum Gasteiger partial charge on any atom is -0.741 e. The van der Waals surface area contributed by atoms with Crippen LogP contribution in [0.4, 0.5) is 13.2 Å². The van der Waals surface area contributed by atoms with E-state index in [-0.39, 0.29) is 12.1 Å². The predicted octanol–water partition coefficient (Wildman–Crippen LogP) is 4.01. The number of hydroxylamine groups is 2. The Labute approximate surface area is 190 Å². The summed E-state index contributed by atoms with van der Waals surface area (Å²) in [6.07, 6.45) is 4.55. The van der Waals surface area contributed by atoms with Crippen molar-refractivity contribution in [1.29, 1.82) is 0 Å². The smallest absolute Gasteiger partial charge is 0.485 e. The van der Waals surface area contributed by atoms with Crippen LogP contribution >= 0.6 is 0 Å². The molecule has 7 nitrogen and oxygen atoms in total. The minimum absolute atomic E-state index is 0.114. The van der Waals surface area contributed by atoms with Crippen LogP contribution in [0.3, 0.4) is 0 Å². The maximum absolute atomic E-state index is 10.7. The van der Waals surface area contributed by atoms with E-state index in [2.05, 4.69) is 57.5 Å². The molecule has 0 spiro atoms. The van der Waals surface area contributed by atoms with Gasteiger partial charge in [0.15, 0.2) is 30.6 Å². The normalized spacial score (nSPS) is 20.2. The third kappa shape index (κ3) is 10.1. The van der Waals surface area contributed by atoms with E-state index in [9.17, 15) is 13.2 Å². The molecule has 13 heteroatoms. The summed E-state index contributed by atoms with van der Waals surface area (Å²) in [5.41, 5.74) is -4.66. The van der Waals surface area contributed by atoms with Gasteiger partial charge < -0.3 is 13.5 Å². The molecular formula is C19H28F3NO6SSi2. The zero-order valence-corrected chi connectivity index (χ0v) is 21.8. The van der Waals surface area contributed by atoms with Gasteiger partial charge in [-0.2, -0.15) is 18.2 Å². The Morgan fingerprint density at radius 1 is 1.22 bits per heavy atom. The Morgan fingerprint density at radius 2 is 1.78 bits per heavy atom. The molecule has 1 aromatic carbocycles. The molecule has 32 heavy (non-hydrogen) atoms. The van der Waals surface area contributed by atoms with Crippen LogP contribution in [0.2, 0.25) is 39.3 Å². The molecular weight excluding hydrogens is 483 g/mol. The Kier molecular flexibility index (Phi) is 9.62. The van der Waals surface area contributed by atoms with Gasteiger partial charge in [0.2, 0.25) is 8.32 Å². The van der Waals surface area contributed by atoms with Crippen molar-refractivity contribution in [2.45, 2.75) is 63.2 Å². The van der Waals surface area contributed by atoms with Gasteiger partial charge in [-0.05, 0) is 51.4 Å². The fourth-order valence-electron chi connectivity index (χ4n) is 2.55. The van der Waals surface area contributed by atoms with Gasteiger partial charge in [-0.25, -0.2) is 8.42 Å². The second kappa shape index (κ2) is 10.7. The van der Waals surface area contributed by atoms with Gasteiger partial charge in [0.05, 0.1) is 0 Å². The van der Waals surface area contributed by atoms with Crippen LogP contribution in [-0.4, -0.2) is 59.6 Å². The van der Waals surface area contributed by atoms with Gasteiger partial charge in [0.1, 0.15) is 6.04 Å². The summed E-state index contributed by atoms with van der Waals surface area (Å²) in [6, 6.07) is 11.9. The van der Waals surface area contributed by atoms with E-state index in [4.69, 9.17) is 26.7 Å². The number of rotatable bonds is 7. The number of hydrogen-bond donors (Lipinski definition) is 0. The fraction of sp³-hybridized carbons (Fsp3) is 0.579. The zero-order valence-electron chi connectivity index (χ0n) is 19.0. The van der Waals surface area contributed by atoms with E-state index in [1.165, 1.54) is 0 Å². The largest absolute Gasteiger partial charge is 0.741 e. The first-order valence-corrected chi connectivity index (χ1v) is 17.8. The Bertz CT molecular complexity index is 855. The van der Waals surface area contributed by atoms with Crippen LogP contribution in [0, 0.1) is 18.2 Å². The van der Waals surface area contributed by atoms with Gasteiger partial charge in [-0.15, -0.1) is 0 Å². The minimum atomic E-state index is -6.09. The van der Waals surface area contributed by atoms with Crippen molar-refractivity contribution >= 4 is 26.8 Å². The summed E-state index contributed by atoms with van der Waals surface area (Å²) < 4.78 is 77.2. The summed E-state index contributed by atoms with van der Waals surface area (Å²) in [6.45, 7) is 12.9. The van der Waals surface area contributed by atoms with Crippen molar-refractivity contribution in [3.8, 4) is 0 Å². The average Bonchev–Trinajstić information content (AvgIpc) is 2.99. The van der Waals surface area contributed by atoms with Gasteiger partial charge in [0.25, 0.3) is 6.08 Å². The molecule has 0 aromatic heterocycles. The molecule has 2 rings (SSSR count). The molecule has 0 aliphatic carbocycles. The summed E-state index contributed by atoms with van der Waals surface area (Å²) in [5.74, 6) is 0. The van der Waals surface area contributed by atoms with Gasteiger partial charge in [0, 0.05) is 12.6 Å². The van der Waals surface area contributed by atoms with E-state index >= 15 is 0 Å². The highest BCUT2D eigenvalue weighted by Crippen LogP contribution is 2.31. The zero-order chi connectivity index (χ0) is 25.0. The lowest BCUT2D eigenvalue weighted by Crippen LogP contribution is -2.42. The van der Waals surface area contributed by atoms with E-state index in [0.29, 0.717) is 0 Å². The summed E-state index contributed by atoms with van der Waals surface area (Å²) >= 11 is 0. The number of nitrogens with zero attached hydrogens (tertiary/aromatic N) is 1. The van der Waals surface area contributed by atoms with Gasteiger partial charge in [-0.3, -0.25) is 4.74 Å². The van der Waals surface area contributed by atoms with Crippen molar-refractivity contribution in [2.75, 3.05) is 7.05 Å². The van der Waals surface area contributed by atoms with E-state index in [1.54, 1.807) is 0 Å². The molecule has 1 aromatic rings. The van der Waals surface area contributed by atoms with Crippen LogP contribution < -0.4 is 0 Å². The van der Waals surface area contributed by atoms with Gasteiger partial charge in [-0.1, -0.05) is 18.2 Å². The van der Waals surface area contributed by atoms with Crippen molar-refractivity contribution in [1.82, 2.24) is 5.06 Å². The fourth-order valence-corrected chi connectivity index (χ4v) is 4.29. The van der Waals surface area contributed by atoms with E-state index < -0.39 is 38.6 Å². The summed E-state index contributed by atoms with van der Waals surface area (Å²) in [7, 11) is -7.56. The lowest BCUT2D eigenvalue weighted by Gasteiger charge is -2.33. The molecule has 0 saturated carbocycles. The molecule has 3 unspecified atom stereocenters. The molecule has 180 valence electrons. The molecule has 0 saturated heterocycles. The third-order valence-corrected chi connectivity index (χ3v) is 5.86. The summed E-state index contributed by atoms with van der Waals surface area (Å²) in [4.78, 5) is 0. The lowest BCUT2D eigenvalue weighted by atomic mass is 10.0. The Balaban J connectivity index is 0.000000547. The number of alkyl halides is 3. The highest BCUT2D eigenvalue weighted by molar-refractivity contribution is 7.86. The van der Waals surface area contributed by atoms with Crippen molar-refractivity contribution < 1.29 is 39.8 Å².